The van der Waals surface area contributed by atoms with Crippen molar-refractivity contribution in [3.63, 3.8) is 0 Å². The van der Waals surface area contributed by atoms with Gasteiger partial charge in [0.2, 0.25) is 5.91 Å². The highest BCUT2D eigenvalue weighted by Crippen LogP contribution is 2.28. The zero-order valence-corrected chi connectivity index (χ0v) is 24.0. The number of hydrogen-bond acceptors (Lipinski definition) is 5. The van der Waals surface area contributed by atoms with E-state index in [4.69, 9.17) is 4.74 Å². The van der Waals surface area contributed by atoms with Gasteiger partial charge in [0.1, 0.15) is 18.0 Å². The second-order valence-corrected chi connectivity index (χ2v) is 11.8. The first-order valence-corrected chi connectivity index (χ1v) is 14.7. The number of para-hydroxylation sites is 2. The summed E-state index contributed by atoms with van der Waals surface area (Å²) in [7, 11) is -4.12. The third kappa shape index (κ3) is 7.73. The molecule has 0 aliphatic heterocycles. The molecule has 0 radical (unpaired) electrons. The third-order valence-corrected chi connectivity index (χ3v) is 7.90. The minimum absolute atomic E-state index is 0.0500. The van der Waals surface area contributed by atoms with E-state index in [0.29, 0.717) is 18.0 Å². The van der Waals surface area contributed by atoms with E-state index < -0.39 is 22.5 Å². The number of anilines is 2. The average molecular weight is 572 g/mol. The highest BCUT2D eigenvalue weighted by Gasteiger charge is 2.28. The van der Waals surface area contributed by atoms with E-state index in [-0.39, 0.29) is 33.7 Å². The van der Waals surface area contributed by atoms with E-state index in [1.54, 1.807) is 60.7 Å². The Bertz CT molecular complexity index is 1590. The summed E-state index contributed by atoms with van der Waals surface area (Å²) in [6, 6.07) is 28.7. The van der Waals surface area contributed by atoms with Crippen molar-refractivity contribution in [3.05, 3.63) is 114 Å². The Morgan fingerprint density at radius 1 is 0.805 bits per heavy atom. The maximum Gasteiger partial charge on any atom is 0.264 e. The van der Waals surface area contributed by atoms with Gasteiger partial charge in [-0.25, -0.2) is 8.42 Å². The molecule has 0 heterocycles. The van der Waals surface area contributed by atoms with Gasteiger partial charge < -0.3 is 15.4 Å². The lowest BCUT2D eigenvalue weighted by atomic mass is 10.1. The number of ether oxygens (including phenoxy) is 1. The molecule has 0 saturated heterocycles. The van der Waals surface area contributed by atoms with Gasteiger partial charge in [-0.1, -0.05) is 61.9 Å². The van der Waals surface area contributed by atoms with Crippen LogP contribution in [0.15, 0.2) is 108 Å². The maximum absolute atomic E-state index is 13.8. The SMILES string of the molecule is Cc1ccc(S(=O)(=O)N(CC(=O)Nc2ccccc2C(=O)NCC(C)C)c2ccc(Oc3ccccc3)cc2)cc1. The van der Waals surface area contributed by atoms with Crippen LogP contribution >= 0.6 is 0 Å². The molecule has 4 aromatic rings. The van der Waals surface area contributed by atoms with E-state index in [2.05, 4.69) is 10.6 Å². The molecule has 2 N–H and O–H groups in total. The third-order valence-electron chi connectivity index (χ3n) is 6.12. The lowest BCUT2D eigenvalue weighted by Gasteiger charge is -2.24. The minimum Gasteiger partial charge on any atom is -0.457 e. The van der Waals surface area contributed by atoms with Crippen molar-refractivity contribution in [2.75, 3.05) is 22.7 Å². The van der Waals surface area contributed by atoms with E-state index in [0.717, 1.165) is 9.87 Å². The summed E-state index contributed by atoms with van der Waals surface area (Å²) in [5, 5.41) is 5.57. The molecule has 0 atom stereocenters. The van der Waals surface area contributed by atoms with Crippen molar-refractivity contribution in [3.8, 4) is 11.5 Å². The summed E-state index contributed by atoms with van der Waals surface area (Å²) >= 11 is 0. The van der Waals surface area contributed by atoms with Gasteiger partial charge in [0, 0.05) is 6.54 Å². The average Bonchev–Trinajstić information content (AvgIpc) is 2.96. The monoisotopic (exact) mass is 571 g/mol. The number of hydrogen-bond donors (Lipinski definition) is 2. The van der Waals surface area contributed by atoms with Gasteiger partial charge in [0.15, 0.2) is 0 Å². The number of nitrogens with zero attached hydrogens (tertiary/aromatic N) is 1. The van der Waals surface area contributed by atoms with Gasteiger partial charge >= 0.3 is 0 Å². The minimum atomic E-state index is -4.12. The summed E-state index contributed by atoms with van der Waals surface area (Å²) in [5.74, 6) is 0.478. The normalized spacial score (nSPS) is 11.1. The number of amides is 2. The maximum atomic E-state index is 13.8. The Hall–Kier alpha value is -4.63. The smallest absolute Gasteiger partial charge is 0.264 e. The van der Waals surface area contributed by atoms with Crippen LogP contribution in [0, 0.1) is 12.8 Å². The summed E-state index contributed by atoms with van der Waals surface area (Å²) < 4.78 is 34.4. The van der Waals surface area contributed by atoms with E-state index in [1.807, 2.05) is 51.1 Å². The Labute approximate surface area is 241 Å². The summed E-state index contributed by atoms with van der Waals surface area (Å²) in [6.45, 7) is 5.79. The van der Waals surface area contributed by atoms with Gasteiger partial charge in [0.05, 0.1) is 21.8 Å². The number of rotatable bonds is 11. The molecule has 2 amide bonds. The van der Waals surface area contributed by atoms with E-state index >= 15 is 0 Å². The molecule has 4 rings (SSSR count). The quantitative estimate of drug-likeness (QED) is 0.230. The van der Waals surface area contributed by atoms with Gasteiger partial charge in [-0.2, -0.15) is 0 Å². The van der Waals surface area contributed by atoms with Crippen LogP contribution in [-0.2, 0) is 14.8 Å². The Morgan fingerprint density at radius 2 is 1.41 bits per heavy atom. The van der Waals surface area contributed by atoms with Crippen molar-refractivity contribution in [2.24, 2.45) is 5.92 Å². The highest BCUT2D eigenvalue weighted by molar-refractivity contribution is 7.92. The highest BCUT2D eigenvalue weighted by atomic mass is 32.2. The number of carbonyl (C=O) groups excluding carboxylic acids is 2. The van der Waals surface area contributed by atoms with Crippen molar-refractivity contribution >= 4 is 33.2 Å². The van der Waals surface area contributed by atoms with Crippen molar-refractivity contribution in [2.45, 2.75) is 25.7 Å². The van der Waals surface area contributed by atoms with Crippen LogP contribution in [-0.4, -0.2) is 33.3 Å². The number of sulfonamides is 1. The summed E-state index contributed by atoms with van der Waals surface area (Å²) in [6.07, 6.45) is 0. The molecular weight excluding hydrogens is 538 g/mol. The first-order chi connectivity index (χ1) is 19.6. The Kier molecular flexibility index (Phi) is 9.41. The molecule has 0 aromatic heterocycles. The summed E-state index contributed by atoms with van der Waals surface area (Å²) in [5.41, 5.74) is 1.77. The molecular formula is C32H33N3O5S. The predicted octanol–water partition coefficient (Wildman–Crippen LogP) is 6.01. The second kappa shape index (κ2) is 13.1. The standard InChI is InChI=1S/C32H33N3O5S/c1-23(2)21-33-32(37)29-11-7-8-12-30(29)34-31(36)22-35(41(38,39)28-19-13-24(3)14-20-28)25-15-17-27(18-16-25)40-26-9-5-4-6-10-26/h4-20,23H,21-22H2,1-3H3,(H,33,37)(H,34,36). The molecule has 4 aromatic carbocycles. The van der Waals surface area contributed by atoms with Crippen molar-refractivity contribution in [1.82, 2.24) is 5.32 Å². The van der Waals surface area contributed by atoms with Crippen molar-refractivity contribution < 1.29 is 22.7 Å². The Balaban J connectivity index is 1.61. The van der Waals surface area contributed by atoms with Crippen LogP contribution in [0.3, 0.4) is 0 Å². The van der Waals surface area contributed by atoms with Crippen molar-refractivity contribution in [1.29, 1.82) is 0 Å². The molecule has 8 nitrogen and oxygen atoms in total. The molecule has 0 aliphatic carbocycles. The second-order valence-electron chi connectivity index (χ2n) is 9.93. The zero-order valence-electron chi connectivity index (χ0n) is 23.2. The van der Waals surface area contributed by atoms with E-state index in [1.165, 1.54) is 12.1 Å². The van der Waals surface area contributed by atoms with Gasteiger partial charge in [-0.3, -0.25) is 13.9 Å². The molecule has 41 heavy (non-hydrogen) atoms. The van der Waals surface area contributed by atoms with Gasteiger partial charge in [0.25, 0.3) is 15.9 Å². The fraction of sp³-hybridized carbons (Fsp3) is 0.188. The number of benzene rings is 4. The largest absolute Gasteiger partial charge is 0.457 e. The number of nitrogens with one attached hydrogen (secondary N) is 2. The first-order valence-electron chi connectivity index (χ1n) is 13.2. The Morgan fingerprint density at radius 3 is 2.07 bits per heavy atom. The predicted molar refractivity (Wildman–Crippen MR) is 161 cm³/mol. The molecule has 9 heteroatoms. The van der Waals surface area contributed by atoms with Crippen LogP contribution in [0.5, 0.6) is 11.5 Å². The topological polar surface area (TPSA) is 105 Å². The van der Waals surface area contributed by atoms with Crippen LogP contribution in [0.25, 0.3) is 0 Å². The van der Waals surface area contributed by atoms with Crippen LogP contribution in [0.4, 0.5) is 11.4 Å². The molecule has 0 saturated carbocycles. The van der Waals surface area contributed by atoms with Crippen LogP contribution in [0.1, 0.15) is 29.8 Å². The van der Waals surface area contributed by atoms with E-state index in [9.17, 15) is 18.0 Å². The molecule has 0 unspecified atom stereocenters. The molecule has 212 valence electrons. The lowest BCUT2D eigenvalue weighted by Crippen LogP contribution is -2.38. The fourth-order valence-electron chi connectivity index (χ4n) is 3.96. The molecule has 0 spiro atoms. The summed E-state index contributed by atoms with van der Waals surface area (Å²) in [4.78, 5) is 26.1. The van der Waals surface area contributed by atoms with Crippen LogP contribution in [0.2, 0.25) is 0 Å². The van der Waals surface area contributed by atoms with Crippen LogP contribution < -0.4 is 19.7 Å². The lowest BCUT2D eigenvalue weighted by molar-refractivity contribution is -0.114. The molecule has 0 bridgehead atoms. The molecule has 0 fully saturated rings. The van der Waals surface area contributed by atoms with Gasteiger partial charge in [-0.15, -0.1) is 0 Å². The number of aryl methyl sites for hydroxylation is 1. The van der Waals surface area contributed by atoms with Gasteiger partial charge in [-0.05, 0) is 73.5 Å². The number of carbonyl (C=O) groups is 2. The molecule has 0 aliphatic rings. The zero-order chi connectivity index (χ0) is 29.4. The fourth-order valence-corrected chi connectivity index (χ4v) is 5.38. The first kappa shape index (κ1) is 29.4.